The lowest BCUT2D eigenvalue weighted by atomic mass is 10.0. The molecule has 0 heterocycles. The standard InChI is InChI=1S/C27H28Cl2N2O3/c1-3-30-27(33)24(15-20-10-5-4-6-11-20)31(17-21-13-14-22(28)16-23(21)29)26(32)18-34-25-12-8-7-9-19(25)2/h4-14,16,24H,3,15,17-18H2,1-2H3,(H,30,33)/t24-/m0/s1. The maximum Gasteiger partial charge on any atom is 0.261 e. The van der Waals surface area contributed by atoms with Crippen LogP contribution in [-0.4, -0.2) is 35.9 Å². The lowest BCUT2D eigenvalue weighted by Gasteiger charge is -2.31. The summed E-state index contributed by atoms with van der Waals surface area (Å²) in [6.07, 6.45) is 0.355. The first-order valence-corrected chi connectivity index (χ1v) is 11.9. The Morgan fingerprint density at radius 1 is 1.00 bits per heavy atom. The smallest absolute Gasteiger partial charge is 0.261 e. The Bertz CT molecular complexity index is 1120. The van der Waals surface area contributed by atoms with Crippen LogP contribution in [0.1, 0.15) is 23.6 Å². The number of aryl methyl sites for hydroxylation is 1. The Labute approximate surface area is 210 Å². The maximum atomic E-state index is 13.5. The van der Waals surface area contributed by atoms with E-state index in [1.807, 2.05) is 68.4 Å². The number of para-hydroxylation sites is 1. The summed E-state index contributed by atoms with van der Waals surface area (Å²) in [6, 6.07) is 21.5. The van der Waals surface area contributed by atoms with Crippen LogP contribution in [0.15, 0.2) is 72.8 Å². The summed E-state index contributed by atoms with van der Waals surface area (Å²) in [5.41, 5.74) is 2.56. The molecule has 0 bridgehead atoms. The number of likely N-dealkylation sites (N-methyl/N-ethyl adjacent to an activating group) is 1. The quantitative estimate of drug-likeness (QED) is 0.403. The van der Waals surface area contributed by atoms with Crippen molar-refractivity contribution in [1.29, 1.82) is 0 Å². The van der Waals surface area contributed by atoms with Crippen molar-refractivity contribution < 1.29 is 14.3 Å². The summed E-state index contributed by atoms with van der Waals surface area (Å²) >= 11 is 12.5. The molecule has 0 saturated heterocycles. The summed E-state index contributed by atoms with van der Waals surface area (Å²) in [4.78, 5) is 28.2. The number of ether oxygens (including phenoxy) is 1. The van der Waals surface area contributed by atoms with Gasteiger partial charge in [0.15, 0.2) is 6.61 Å². The van der Waals surface area contributed by atoms with E-state index in [0.29, 0.717) is 34.3 Å². The minimum Gasteiger partial charge on any atom is -0.484 e. The lowest BCUT2D eigenvalue weighted by molar-refractivity contribution is -0.142. The number of amides is 2. The number of nitrogens with zero attached hydrogens (tertiary/aromatic N) is 1. The summed E-state index contributed by atoms with van der Waals surface area (Å²) in [5, 5.41) is 3.80. The monoisotopic (exact) mass is 498 g/mol. The Kier molecular flexibility index (Phi) is 9.37. The van der Waals surface area contributed by atoms with Gasteiger partial charge < -0.3 is 15.0 Å². The molecular weight excluding hydrogens is 471 g/mol. The predicted molar refractivity (Wildman–Crippen MR) is 136 cm³/mol. The van der Waals surface area contributed by atoms with Gasteiger partial charge >= 0.3 is 0 Å². The fourth-order valence-corrected chi connectivity index (χ4v) is 4.09. The van der Waals surface area contributed by atoms with Crippen LogP contribution < -0.4 is 10.1 Å². The average Bonchev–Trinajstić information content (AvgIpc) is 2.82. The molecule has 3 aromatic rings. The van der Waals surface area contributed by atoms with Crippen LogP contribution in [0.3, 0.4) is 0 Å². The lowest BCUT2D eigenvalue weighted by Crippen LogP contribution is -2.51. The van der Waals surface area contributed by atoms with Crippen molar-refractivity contribution in [2.45, 2.75) is 32.9 Å². The number of carbonyl (C=O) groups is 2. The Hall–Kier alpha value is -3.02. The van der Waals surface area contributed by atoms with Gasteiger partial charge in [-0.3, -0.25) is 9.59 Å². The second-order valence-electron chi connectivity index (χ2n) is 7.91. The molecule has 178 valence electrons. The molecule has 1 atom stereocenters. The van der Waals surface area contributed by atoms with Gasteiger partial charge in [0.2, 0.25) is 5.91 Å². The number of hydrogen-bond donors (Lipinski definition) is 1. The Morgan fingerprint density at radius 3 is 2.38 bits per heavy atom. The molecule has 0 aliphatic carbocycles. The largest absolute Gasteiger partial charge is 0.484 e. The number of benzene rings is 3. The molecule has 2 amide bonds. The van der Waals surface area contributed by atoms with Crippen molar-refractivity contribution in [2.24, 2.45) is 0 Å². The van der Waals surface area contributed by atoms with Crippen LogP contribution in [0.2, 0.25) is 10.0 Å². The van der Waals surface area contributed by atoms with Crippen LogP contribution >= 0.6 is 23.2 Å². The fraction of sp³-hybridized carbons (Fsp3) is 0.259. The molecule has 0 radical (unpaired) electrons. The van der Waals surface area contributed by atoms with Gasteiger partial charge in [0.25, 0.3) is 5.91 Å². The van der Waals surface area contributed by atoms with Gasteiger partial charge in [-0.25, -0.2) is 0 Å². The average molecular weight is 499 g/mol. The topological polar surface area (TPSA) is 58.6 Å². The molecule has 1 N–H and O–H groups in total. The molecule has 3 aromatic carbocycles. The van der Waals surface area contributed by atoms with Gasteiger partial charge in [0, 0.05) is 29.6 Å². The van der Waals surface area contributed by atoms with E-state index in [9.17, 15) is 9.59 Å². The van der Waals surface area contributed by atoms with Crippen molar-refractivity contribution in [3.05, 3.63) is 99.5 Å². The summed E-state index contributed by atoms with van der Waals surface area (Å²) in [5.74, 6) is 0.0695. The fourth-order valence-electron chi connectivity index (χ4n) is 3.62. The van der Waals surface area contributed by atoms with E-state index in [1.54, 1.807) is 18.2 Å². The molecule has 0 unspecified atom stereocenters. The van der Waals surface area contributed by atoms with Crippen LogP contribution in [0.4, 0.5) is 0 Å². The molecule has 0 aromatic heterocycles. The molecule has 7 heteroatoms. The SMILES string of the molecule is CCNC(=O)[C@H](Cc1ccccc1)N(Cc1ccc(Cl)cc1Cl)C(=O)COc1ccccc1C. The van der Waals surface area contributed by atoms with E-state index >= 15 is 0 Å². The van der Waals surface area contributed by atoms with E-state index < -0.39 is 6.04 Å². The van der Waals surface area contributed by atoms with E-state index in [2.05, 4.69) is 5.32 Å². The summed E-state index contributed by atoms with van der Waals surface area (Å²) in [7, 11) is 0. The van der Waals surface area contributed by atoms with Gasteiger partial charge in [-0.05, 0) is 48.7 Å². The highest BCUT2D eigenvalue weighted by Gasteiger charge is 2.31. The highest BCUT2D eigenvalue weighted by Crippen LogP contribution is 2.24. The first kappa shape index (κ1) is 25.6. The molecule has 0 fully saturated rings. The van der Waals surface area contributed by atoms with Crippen LogP contribution in [-0.2, 0) is 22.6 Å². The zero-order chi connectivity index (χ0) is 24.5. The maximum absolute atomic E-state index is 13.5. The highest BCUT2D eigenvalue weighted by atomic mass is 35.5. The van der Waals surface area contributed by atoms with Crippen molar-refractivity contribution >= 4 is 35.0 Å². The zero-order valence-electron chi connectivity index (χ0n) is 19.3. The molecule has 5 nitrogen and oxygen atoms in total. The minimum absolute atomic E-state index is 0.139. The van der Waals surface area contributed by atoms with Crippen molar-refractivity contribution in [1.82, 2.24) is 10.2 Å². The van der Waals surface area contributed by atoms with E-state index in [4.69, 9.17) is 27.9 Å². The second-order valence-corrected chi connectivity index (χ2v) is 8.76. The van der Waals surface area contributed by atoms with Gasteiger partial charge in [-0.15, -0.1) is 0 Å². The molecule has 3 rings (SSSR count). The second kappa shape index (κ2) is 12.4. The summed E-state index contributed by atoms with van der Waals surface area (Å²) < 4.78 is 5.83. The van der Waals surface area contributed by atoms with Gasteiger partial charge in [-0.2, -0.15) is 0 Å². The first-order chi connectivity index (χ1) is 16.4. The van der Waals surface area contributed by atoms with Crippen molar-refractivity contribution in [3.8, 4) is 5.75 Å². The van der Waals surface area contributed by atoms with Crippen LogP contribution in [0.25, 0.3) is 0 Å². The third-order valence-electron chi connectivity index (χ3n) is 5.42. The zero-order valence-corrected chi connectivity index (χ0v) is 20.8. The minimum atomic E-state index is -0.748. The Balaban J connectivity index is 1.93. The van der Waals surface area contributed by atoms with Gasteiger partial charge in [-0.1, -0.05) is 77.8 Å². The van der Waals surface area contributed by atoms with Crippen LogP contribution in [0.5, 0.6) is 5.75 Å². The number of carbonyl (C=O) groups excluding carboxylic acids is 2. The molecule has 0 aliphatic heterocycles. The Morgan fingerprint density at radius 2 is 1.71 bits per heavy atom. The number of rotatable bonds is 10. The van der Waals surface area contributed by atoms with E-state index in [0.717, 1.165) is 11.1 Å². The first-order valence-electron chi connectivity index (χ1n) is 11.1. The van der Waals surface area contributed by atoms with E-state index in [1.165, 1.54) is 4.90 Å². The molecule has 34 heavy (non-hydrogen) atoms. The normalized spacial score (nSPS) is 11.5. The molecular formula is C27H28Cl2N2O3. The predicted octanol–water partition coefficient (Wildman–Crippen LogP) is 5.46. The van der Waals surface area contributed by atoms with Gasteiger partial charge in [0.1, 0.15) is 11.8 Å². The van der Waals surface area contributed by atoms with Crippen molar-refractivity contribution in [3.63, 3.8) is 0 Å². The number of nitrogens with one attached hydrogen (secondary N) is 1. The number of hydrogen-bond acceptors (Lipinski definition) is 3. The van der Waals surface area contributed by atoms with Crippen molar-refractivity contribution in [2.75, 3.05) is 13.2 Å². The highest BCUT2D eigenvalue weighted by molar-refractivity contribution is 6.35. The van der Waals surface area contributed by atoms with Crippen LogP contribution in [0, 0.1) is 6.92 Å². The molecule has 0 spiro atoms. The third kappa shape index (κ3) is 6.99. The summed E-state index contributed by atoms with van der Waals surface area (Å²) in [6.45, 7) is 4.15. The third-order valence-corrected chi connectivity index (χ3v) is 6.01. The van der Waals surface area contributed by atoms with Gasteiger partial charge in [0.05, 0.1) is 0 Å². The molecule has 0 aliphatic rings. The molecule has 0 saturated carbocycles. The van der Waals surface area contributed by atoms with E-state index in [-0.39, 0.29) is 25.0 Å². The number of halogens is 2.